The summed E-state index contributed by atoms with van der Waals surface area (Å²) < 4.78 is 104. The standard InChI is InChI=1S/C22H25F5N4O7S/c1-11(18(32)33)7-14-9-31(39(35,36)17-10-30(19(23)24)29-12(17)2)15-8-13(5-6-16(15)37-14)28-20(34)38-21(3,4)22(25,26)27/h5-6,8,10-11,14,19H,7,9H2,1-4H3,(H,28,34)(H,32,33). The molecular weight excluding hydrogens is 559 g/mol. The number of hydrogen-bond donors (Lipinski definition) is 2. The Kier molecular flexibility index (Phi) is 8.06. The van der Waals surface area contributed by atoms with E-state index in [-0.39, 0.29) is 33.9 Å². The number of anilines is 2. The minimum Gasteiger partial charge on any atom is -0.486 e. The van der Waals surface area contributed by atoms with Crippen LogP contribution in [0.1, 0.15) is 39.4 Å². The molecule has 0 radical (unpaired) electrons. The minimum atomic E-state index is -4.87. The number of ether oxygens (including phenoxy) is 2. The number of amides is 1. The Bertz CT molecular complexity index is 1360. The number of fused-ring (bicyclic) bond motifs is 1. The zero-order valence-electron chi connectivity index (χ0n) is 21.0. The Labute approximate surface area is 219 Å². The molecule has 0 spiro atoms. The number of aromatic nitrogens is 2. The van der Waals surface area contributed by atoms with Crippen LogP contribution in [0, 0.1) is 12.8 Å². The van der Waals surface area contributed by atoms with Crippen LogP contribution < -0.4 is 14.4 Å². The van der Waals surface area contributed by atoms with Gasteiger partial charge < -0.3 is 14.6 Å². The van der Waals surface area contributed by atoms with Crippen LogP contribution >= 0.6 is 0 Å². The van der Waals surface area contributed by atoms with Gasteiger partial charge in [-0.25, -0.2) is 17.9 Å². The number of aliphatic carboxylic acids is 1. The van der Waals surface area contributed by atoms with E-state index in [0.717, 1.165) is 10.4 Å². The number of sulfonamides is 1. The molecule has 1 aromatic carbocycles. The number of alkyl halides is 5. The predicted molar refractivity (Wildman–Crippen MR) is 125 cm³/mol. The van der Waals surface area contributed by atoms with E-state index in [4.69, 9.17) is 4.74 Å². The first-order valence-corrected chi connectivity index (χ1v) is 12.7. The van der Waals surface area contributed by atoms with Gasteiger partial charge in [-0.05, 0) is 45.4 Å². The van der Waals surface area contributed by atoms with Gasteiger partial charge in [0.2, 0.25) is 5.60 Å². The number of benzene rings is 1. The number of carboxylic acid groups (broad SMARTS) is 1. The molecule has 1 aromatic heterocycles. The largest absolute Gasteiger partial charge is 0.486 e. The average Bonchev–Trinajstić information content (AvgIpc) is 3.20. The van der Waals surface area contributed by atoms with Gasteiger partial charge in [0, 0.05) is 5.69 Å². The highest BCUT2D eigenvalue weighted by atomic mass is 32.2. The lowest BCUT2D eigenvalue weighted by molar-refractivity contribution is -0.242. The number of nitrogens with one attached hydrogen (secondary N) is 1. The summed E-state index contributed by atoms with van der Waals surface area (Å²) in [5.74, 6) is -2.16. The molecule has 1 amide bonds. The monoisotopic (exact) mass is 584 g/mol. The first-order chi connectivity index (χ1) is 17.8. The highest BCUT2D eigenvalue weighted by molar-refractivity contribution is 7.92. The number of hydrogen-bond acceptors (Lipinski definition) is 7. The molecule has 17 heteroatoms. The first-order valence-electron chi connectivity index (χ1n) is 11.3. The summed E-state index contributed by atoms with van der Waals surface area (Å²) in [6.45, 7) is 0.299. The molecule has 216 valence electrons. The van der Waals surface area contributed by atoms with Gasteiger partial charge in [0.1, 0.15) is 16.7 Å². The SMILES string of the molecule is Cc1nn(C(F)F)cc1S(=O)(=O)N1CC(CC(C)C(=O)O)Oc2ccc(NC(=O)OC(C)(C)C(F)(F)F)cc21. The van der Waals surface area contributed by atoms with Gasteiger partial charge in [-0.3, -0.25) is 14.4 Å². The number of halogens is 5. The third-order valence-electron chi connectivity index (χ3n) is 5.85. The fraction of sp³-hybridized carbons (Fsp3) is 0.500. The van der Waals surface area contributed by atoms with Crippen LogP contribution in [-0.2, 0) is 19.6 Å². The second-order valence-corrected chi connectivity index (χ2v) is 11.1. The summed E-state index contributed by atoms with van der Waals surface area (Å²) >= 11 is 0. The number of nitrogens with zero attached hydrogens (tertiary/aromatic N) is 3. The van der Waals surface area contributed by atoms with Crippen LogP contribution in [0.25, 0.3) is 0 Å². The molecule has 0 bridgehead atoms. The molecule has 2 N–H and O–H groups in total. The van der Waals surface area contributed by atoms with E-state index >= 15 is 0 Å². The lowest BCUT2D eigenvalue weighted by atomic mass is 10.0. The third kappa shape index (κ3) is 6.34. The molecule has 0 aliphatic carbocycles. The van der Waals surface area contributed by atoms with Gasteiger partial charge in [-0.15, -0.1) is 0 Å². The molecule has 11 nitrogen and oxygen atoms in total. The molecule has 0 saturated carbocycles. The fourth-order valence-corrected chi connectivity index (χ4v) is 5.26. The first kappa shape index (κ1) is 29.9. The zero-order valence-corrected chi connectivity index (χ0v) is 21.8. The molecule has 39 heavy (non-hydrogen) atoms. The Balaban J connectivity index is 2.01. The van der Waals surface area contributed by atoms with Crippen molar-refractivity contribution in [2.75, 3.05) is 16.2 Å². The molecule has 3 rings (SSSR count). The molecule has 2 atom stereocenters. The zero-order chi connectivity index (χ0) is 29.5. The van der Waals surface area contributed by atoms with Crippen LogP contribution in [-0.4, -0.2) is 59.8 Å². The quantitative estimate of drug-likeness (QED) is 0.431. The van der Waals surface area contributed by atoms with Crippen molar-refractivity contribution < 1.29 is 54.5 Å². The summed E-state index contributed by atoms with van der Waals surface area (Å²) in [5, 5.41) is 14.9. The Hall–Kier alpha value is -3.63. The maximum Gasteiger partial charge on any atom is 0.427 e. The molecule has 0 fully saturated rings. The van der Waals surface area contributed by atoms with Gasteiger partial charge in [0.15, 0.2) is 0 Å². The number of rotatable bonds is 8. The van der Waals surface area contributed by atoms with Crippen LogP contribution in [0.15, 0.2) is 29.3 Å². The summed E-state index contributed by atoms with van der Waals surface area (Å²) in [5.41, 5.74) is -3.43. The van der Waals surface area contributed by atoms with Gasteiger partial charge in [0.05, 0.1) is 30.0 Å². The summed E-state index contributed by atoms with van der Waals surface area (Å²) in [7, 11) is -4.60. The van der Waals surface area contributed by atoms with Crippen molar-refractivity contribution in [3.63, 3.8) is 0 Å². The van der Waals surface area contributed by atoms with Crippen molar-refractivity contribution in [2.24, 2.45) is 5.92 Å². The molecule has 2 aromatic rings. The lowest BCUT2D eigenvalue weighted by Crippen LogP contribution is -2.45. The normalized spacial score (nSPS) is 16.9. The van der Waals surface area contributed by atoms with Crippen molar-refractivity contribution in [3.8, 4) is 5.75 Å². The van der Waals surface area contributed by atoms with E-state index in [1.165, 1.54) is 26.0 Å². The van der Waals surface area contributed by atoms with Crippen LogP contribution in [0.3, 0.4) is 0 Å². The van der Waals surface area contributed by atoms with Crippen molar-refractivity contribution in [1.82, 2.24) is 9.78 Å². The number of carboxylic acids is 1. The second-order valence-electron chi connectivity index (χ2n) is 9.29. The molecule has 0 saturated heterocycles. The van der Waals surface area contributed by atoms with Crippen molar-refractivity contribution in [2.45, 2.75) is 63.4 Å². The smallest absolute Gasteiger partial charge is 0.427 e. The van der Waals surface area contributed by atoms with Crippen LogP contribution in [0.5, 0.6) is 5.75 Å². The summed E-state index contributed by atoms with van der Waals surface area (Å²) in [6.07, 6.45) is -6.81. The van der Waals surface area contributed by atoms with Crippen molar-refractivity contribution in [1.29, 1.82) is 0 Å². The predicted octanol–water partition coefficient (Wildman–Crippen LogP) is 4.54. The Morgan fingerprint density at radius 2 is 1.92 bits per heavy atom. The molecular formula is C22H25F5N4O7S. The van der Waals surface area contributed by atoms with Crippen LogP contribution in [0.4, 0.5) is 38.1 Å². The highest BCUT2D eigenvalue weighted by Gasteiger charge is 2.51. The van der Waals surface area contributed by atoms with Gasteiger partial charge in [-0.1, -0.05) is 6.92 Å². The Morgan fingerprint density at radius 3 is 2.46 bits per heavy atom. The maximum absolute atomic E-state index is 13.6. The second kappa shape index (κ2) is 10.5. The highest BCUT2D eigenvalue weighted by Crippen LogP contribution is 2.41. The van der Waals surface area contributed by atoms with Gasteiger partial charge in [0.25, 0.3) is 10.0 Å². The lowest BCUT2D eigenvalue weighted by Gasteiger charge is -2.36. The van der Waals surface area contributed by atoms with Gasteiger partial charge >= 0.3 is 24.8 Å². The summed E-state index contributed by atoms with van der Waals surface area (Å²) in [6, 6.07) is 3.50. The topological polar surface area (TPSA) is 140 Å². The van der Waals surface area contributed by atoms with E-state index in [0.29, 0.717) is 20.0 Å². The van der Waals surface area contributed by atoms with Crippen molar-refractivity contribution in [3.05, 3.63) is 30.1 Å². The van der Waals surface area contributed by atoms with E-state index in [1.807, 2.05) is 0 Å². The number of carbonyl (C=O) groups is 2. The Morgan fingerprint density at radius 1 is 1.28 bits per heavy atom. The summed E-state index contributed by atoms with van der Waals surface area (Å²) in [4.78, 5) is 22.9. The van der Waals surface area contributed by atoms with E-state index < -0.39 is 63.9 Å². The van der Waals surface area contributed by atoms with Crippen molar-refractivity contribution >= 4 is 33.5 Å². The minimum absolute atomic E-state index is 0.0687. The van der Waals surface area contributed by atoms with E-state index in [1.54, 1.807) is 0 Å². The molecule has 1 aliphatic heterocycles. The third-order valence-corrected chi connectivity index (χ3v) is 7.73. The fourth-order valence-electron chi connectivity index (χ4n) is 3.61. The van der Waals surface area contributed by atoms with E-state index in [2.05, 4.69) is 15.2 Å². The molecule has 2 unspecified atom stereocenters. The molecule has 1 aliphatic rings. The molecule has 2 heterocycles. The average molecular weight is 585 g/mol. The number of aryl methyl sites for hydroxylation is 1. The van der Waals surface area contributed by atoms with E-state index in [9.17, 15) is 45.1 Å². The maximum atomic E-state index is 13.6. The number of carbonyl (C=O) groups excluding carboxylic acids is 1. The van der Waals surface area contributed by atoms with Gasteiger partial charge in [-0.2, -0.15) is 27.1 Å². The van der Waals surface area contributed by atoms with Crippen LogP contribution in [0.2, 0.25) is 0 Å².